The van der Waals surface area contributed by atoms with Gasteiger partial charge in [-0.1, -0.05) is 0 Å². The summed E-state index contributed by atoms with van der Waals surface area (Å²) in [7, 11) is 1.56. The zero-order valence-corrected chi connectivity index (χ0v) is 17.9. The highest BCUT2D eigenvalue weighted by Gasteiger charge is 2.21. The molecular weight excluding hydrogens is 485 g/mol. The van der Waals surface area contributed by atoms with Gasteiger partial charge in [0.1, 0.15) is 11.6 Å². The second-order valence-corrected chi connectivity index (χ2v) is 6.95. The molecule has 27 heavy (non-hydrogen) atoms. The van der Waals surface area contributed by atoms with Crippen LogP contribution < -0.4 is 10.6 Å². The standard InChI is InChI=1S/C18H20F2N4OS.HI/c1-21-18(22-9-13-8-14(19)2-3-15(13)20)23-10-17(25)24-6-4-16-12(11-24)5-7-26-16;/h2-3,5,7-8H,4,6,9-11H2,1H3,(H2,21,22,23);1H. The van der Waals surface area contributed by atoms with E-state index >= 15 is 0 Å². The Labute approximate surface area is 177 Å². The summed E-state index contributed by atoms with van der Waals surface area (Å²) in [6.07, 6.45) is 0.880. The van der Waals surface area contributed by atoms with Crippen molar-refractivity contribution in [3.63, 3.8) is 0 Å². The molecule has 0 bridgehead atoms. The molecule has 146 valence electrons. The largest absolute Gasteiger partial charge is 0.352 e. The summed E-state index contributed by atoms with van der Waals surface area (Å²) in [5.41, 5.74) is 1.40. The quantitative estimate of drug-likeness (QED) is 0.381. The van der Waals surface area contributed by atoms with Crippen LogP contribution in [0.25, 0.3) is 0 Å². The van der Waals surface area contributed by atoms with Crippen molar-refractivity contribution in [2.75, 3.05) is 20.1 Å². The van der Waals surface area contributed by atoms with Gasteiger partial charge in [-0.2, -0.15) is 0 Å². The van der Waals surface area contributed by atoms with Gasteiger partial charge < -0.3 is 15.5 Å². The van der Waals surface area contributed by atoms with E-state index in [9.17, 15) is 13.6 Å². The van der Waals surface area contributed by atoms with Crippen LogP contribution in [0.15, 0.2) is 34.6 Å². The van der Waals surface area contributed by atoms with E-state index in [1.807, 2.05) is 10.3 Å². The van der Waals surface area contributed by atoms with E-state index in [1.54, 1.807) is 18.4 Å². The van der Waals surface area contributed by atoms with Crippen molar-refractivity contribution in [1.82, 2.24) is 15.5 Å². The molecule has 0 saturated carbocycles. The van der Waals surface area contributed by atoms with Crippen molar-refractivity contribution < 1.29 is 13.6 Å². The van der Waals surface area contributed by atoms with Crippen LogP contribution in [0.2, 0.25) is 0 Å². The molecule has 0 saturated heterocycles. The van der Waals surface area contributed by atoms with Gasteiger partial charge in [-0.15, -0.1) is 35.3 Å². The number of guanidine groups is 1. The first-order valence-corrected chi connectivity index (χ1v) is 9.16. The molecule has 5 nitrogen and oxygen atoms in total. The van der Waals surface area contributed by atoms with Crippen LogP contribution in [-0.4, -0.2) is 36.9 Å². The third-order valence-electron chi connectivity index (χ3n) is 4.25. The molecule has 2 aromatic rings. The summed E-state index contributed by atoms with van der Waals surface area (Å²) in [6, 6.07) is 5.34. The number of nitrogens with zero attached hydrogens (tertiary/aromatic N) is 2. The maximum absolute atomic E-state index is 13.6. The first-order chi connectivity index (χ1) is 12.6. The number of fused-ring (bicyclic) bond motifs is 1. The SMILES string of the molecule is CN=C(NCC(=O)N1CCc2sccc2C1)NCc1cc(F)ccc1F.I. The number of nitrogens with one attached hydrogen (secondary N) is 2. The number of thiophene rings is 1. The van der Waals surface area contributed by atoms with Gasteiger partial charge in [0.25, 0.3) is 0 Å². The van der Waals surface area contributed by atoms with Gasteiger partial charge in [0, 0.05) is 37.1 Å². The van der Waals surface area contributed by atoms with Gasteiger partial charge in [0.2, 0.25) is 5.91 Å². The van der Waals surface area contributed by atoms with Crippen molar-refractivity contribution in [2.45, 2.75) is 19.5 Å². The molecular formula is C18H21F2IN4OS. The van der Waals surface area contributed by atoms with E-state index in [0.29, 0.717) is 19.0 Å². The number of aliphatic imine (C=N–C) groups is 1. The molecule has 0 spiro atoms. The molecule has 0 atom stereocenters. The molecule has 9 heteroatoms. The number of carbonyl (C=O) groups is 1. The zero-order valence-electron chi connectivity index (χ0n) is 14.8. The maximum atomic E-state index is 13.6. The van der Waals surface area contributed by atoms with Crippen molar-refractivity contribution in [2.24, 2.45) is 4.99 Å². The second-order valence-electron chi connectivity index (χ2n) is 5.95. The minimum absolute atomic E-state index is 0. The molecule has 0 unspecified atom stereocenters. The highest BCUT2D eigenvalue weighted by atomic mass is 127. The molecule has 1 aliphatic heterocycles. The second kappa shape index (κ2) is 9.98. The normalized spacial score (nSPS) is 13.6. The first-order valence-electron chi connectivity index (χ1n) is 8.28. The number of hydrogen-bond donors (Lipinski definition) is 2. The van der Waals surface area contributed by atoms with Gasteiger partial charge >= 0.3 is 0 Å². The van der Waals surface area contributed by atoms with E-state index in [0.717, 1.165) is 24.6 Å². The number of benzene rings is 1. The number of amides is 1. The van der Waals surface area contributed by atoms with Gasteiger partial charge in [-0.3, -0.25) is 9.79 Å². The first kappa shape index (κ1) is 21.5. The van der Waals surface area contributed by atoms with Gasteiger partial charge in [-0.05, 0) is 41.6 Å². The van der Waals surface area contributed by atoms with Crippen molar-refractivity contribution in [1.29, 1.82) is 0 Å². The number of halogens is 3. The fraction of sp³-hybridized carbons (Fsp3) is 0.333. The molecule has 1 aromatic carbocycles. The Kier molecular flexibility index (Phi) is 7.96. The lowest BCUT2D eigenvalue weighted by Gasteiger charge is -2.27. The predicted octanol–water partition coefficient (Wildman–Crippen LogP) is 2.89. The van der Waals surface area contributed by atoms with Crippen LogP contribution in [0.1, 0.15) is 16.0 Å². The Morgan fingerprint density at radius 3 is 2.89 bits per heavy atom. The molecule has 3 rings (SSSR count). The van der Waals surface area contributed by atoms with Gasteiger partial charge in [-0.25, -0.2) is 8.78 Å². The van der Waals surface area contributed by atoms with E-state index in [-0.39, 0.29) is 48.5 Å². The highest BCUT2D eigenvalue weighted by molar-refractivity contribution is 14.0. The Morgan fingerprint density at radius 1 is 1.30 bits per heavy atom. The minimum Gasteiger partial charge on any atom is -0.352 e. The van der Waals surface area contributed by atoms with Crippen LogP contribution in [0.5, 0.6) is 0 Å². The Bertz CT molecular complexity index is 827. The molecule has 1 aromatic heterocycles. The molecule has 0 aliphatic carbocycles. The summed E-state index contributed by atoms with van der Waals surface area (Å²) in [6.45, 7) is 1.48. The number of hydrogen-bond acceptors (Lipinski definition) is 3. The van der Waals surface area contributed by atoms with E-state index in [1.165, 1.54) is 10.4 Å². The van der Waals surface area contributed by atoms with Crippen LogP contribution in [0.3, 0.4) is 0 Å². The van der Waals surface area contributed by atoms with Crippen LogP contribution in [-0.2, 0) is 24.3 Å². The lowest BCUT2D eigenvalue weighted by atomic mass is 10.1. The number of rotatable bonds is 4. The predicted molar refractivity (Wildman–Crippen MR) is 113 cm³/mol. The lowest BCUT2D eigenvalue weighted by molar-refractivity contribution is -0.130. The fourth-order valence-electron chi connectivity index (χ4n) is 2.81. The van der Waals surface area contributed by atoms with Crippen LogP contribution >= 0.6 is 35.3 Å². The molecule has 1 aliphatic rings. The average molecular weight is 506 g/mol. The molecule has 0 radical (unpaired) electrons. The summed E-state index contributed by atoms with van der Waals surface area (Å²) >= 11 is 1.73. The van der Waals surface area contributed by atoms with Crippen LogP contribution in [0, 0.1) is 11.6 Å². The van der Waals surface area contributed by atoms with E-state index in [4.69, 9.17) is 0 Å². The van der Waals surface area contributed by atoms with Gasteiger partial charge in [0.15, 0.2) is 5.96 Å². The van der Waals surface area contributed by atoms with Crippen LogP contribution in [0.4, 0.5) is 8.78 Å². The van der Waals surface area contributed by atoms with E-state index in [2.05, 4.69) is 21.7 Å². The molecule has 1 amide bonds. The minimum atomic E-state index is -0.501. The molecule has 2 N–H and O–H groups in total. The third kappa shape index (κ3) is 5.61. The maximum Gasteiger partial charge on any atom is 0.242 e. The monoisotopic (exact) mass is 506 g/mol. The van der Waals surface area contributed by atoms with Gasteiger partial charge in [0.05, 0.1) is 6.54 Å². The fourth-order valence-corrected chi connectivity index (χ4v) is 3.70. The zero-order chi connectivity index (χ0) is 18.5. The van der Waals surface area contributed by atoms with Crippen molar-refractivity contribution in [3.8, 4) is 0 Å². The Morgan fingerprint density at radius 2 is 2.11 bits per heavy atom. The number of carbonyl (C=O) groups excluding carboxylic acids is 1. The lowest BCUT2D eigenvalue weighted by Crippen LogP contribution is -2.45. The van der Waals surface area contributed by atoms with Crippen molar-refractivity contribution in [3.05, 3.63) is 57.3 Å². The molecule has 2 heterocycles. The summed E-state index contributed by atoms with van der Waals surface area (Å²) < 4.78 is 26.9. The third-order valence-corrected chi connectivity index (χ3v) is 5.27. The summed E-state index contributed by atoms with van der Waals surface area (Å²) in [5.74, 6) is -0.665. The smallest absolute Gasteiger partial charge is 0.242 e. The molecule has 0 fully saturated rings. The van der Waals surface area contributed by atoms with Crippen molar-refractivity contribution >= 4 is 47.2 Å². The topological polar surface area (TPSA) is 56.7 Å². The highest BCUT2D eigenvalue weighted by Crippen LogP contribution is 2.23. The average Bonchev–Trinajstić information content (AvgIpc) is 3.12. The summed E-state index contributed by atoms with van der Waals surface area (Å²) in [4.78, 5) is 19.6. The Balaban J connectivity index is 0.00000261. The summed E-state index contributed by atoms with van der Waals surface area (Å²) in [5, 5.41) is 7.86. The Hall–Kier alpha value is -1.75. The van der Waals surface area contributed by atoms with E-state index < -0.39 is 11.6 Å².